The van der Waals surface area contributed by atoms with Gasteiger partial charge in [0.1, 0.15) is 18.1 Å². The zero-order valence-corrected chi connectivity index (χ0v) is 19.6. The lowest BCUT2D eigenvalue weighted by Gasteiger charge is -2.35. The van der Waals surface area contributed by atoms with E-state index in [1.807, 2.05) is 41.1 Å². The Balaban J connectivity index is 1.49. The molecule has 3 heterocycles. The maximum absolute atomic E-state index is 13.1. The summed E-state index contributed by atoms with van der Waals surface area (Å²) >= 11 is 0. The van der Waals surface area contributed by atoms with E-state index in [4.69, 9.17) is 9.15 Å². The number of hydrogen-bond acceptors (Lipinski definition) is 7. The first kappa shape index (κ1) is 22.3. The van der Waals surface area contributed by atoms with Crippen molar-refractivity contribution in [1.29, 1.82) is 0 Å². The second kappa shape index (κ2) is 9.80. The summed E-state index contributed by atoms with van der Waals surface area (Å²) < 4.78 is 12.6. The molecule has 9 nitrogen and oxygen atoms in total. The molecule has 1 aliphatic rings. The van der Waals surface area contributed by atoms with Crippen LogP contribution in [0, 0.1) is 0 Å². The van der Waals surface area contributed by atoms with Crippen molar-refractivity contribution < 1.29 is 9.15 Å². The summed E-state index contributed by atoms with van der Waals surface area (Å²) in [7, 11) is 1.62. The number of nitrogens with one attached hydrogen (secondary N) is 1. The predicted molar refractivity (Wildman–Crippen MR) is 128 cm³/mol. The fourth-order valence-electron chi connectivity index (χ4n) is 5.07. The van der Waals surface area contributed by atoms with Crippen molar-refractivity contribution in [1.82, 2.24) is 30.1 Å². The van der Waals surface area contributed by atoms with Crippen LogP contribution in [0.1, 0.15) is 62.2 Å². The number of H-pyrrole nitrogens is 1. The molecule has 0 spiro atoms. The molecular weight excluding hydrogens is 432 g/mol. The third-order valence-corrected chi connectivity index (χ3v) is 6.81. The van der Waals surface area contributed by atoms with Crippen molar-refractivity contribution >= 4 is 10.9 Å². The third-order valence-electron chi connectivity index (χ3n) is 6.81. The number of fused-ring (bicyclic) bond motifs is 1. The molecule has 0 bridgehead atoms. The molecule has 3 aromatic heterocycles. The summed E-state index contributed by atoms with van der Waals surface area (Å²) in [5.74, 6) is 2.32. The summed E-state index contributed by atoms with van der Waals surface area (Å²) in [6.07, 6.45) is 7.10. The minimum atomic E-state index is -0.0752. The Hall–Kier alpha value is -3.46. The number of pyridine rings is 1. The molecule has 1 N–H and O–H groups in total. The molecule has 0 radical (unpaired) electrons. The topological polar surface area (TPSA) is 102 Å². The van der Waals surface area contributed by atoms with Gasteiger partial charge in [-0.15, -0.1) is 5.10 Å². The molecule has 4 aromatic rings. The lowest BCUT2D eigenvalue weighted by molar-refractivity contribution is 0.112. The van der Waals surface area contributed by atoms with Crippen LogP contribution in [0.2, 0.25) is 0 Å². The second-order valence-corrected chi connectivity index (χ2v) is 8.89. The first-order chi connectivity index (χ1) is 16.7. The maximum Gasteiger partial charge on any atom is 0.252 e. The molecule has 9 heteroatoms. The molecule has 1 aromatic carbocycles. The van der Waals surface area contributed by atoms with Crippen molar-refractivity contribution in [2.24, 2.45) is 0 Å². The number of aromatic amines is 1. The molecule has 0 saturated heterocycles. The quantitative estimate of drug-likeness (QED) is 0.400. The second-order valence-electron chi connectivity index (χ2n) is 8.89. The van der Waals surface area contributed by atoms with Crippen molar-refractivity contribution in [3.05, 3.63) is 70.2 Å². The van der Waals surface area contributed by atoms with E-state index in [-0.39, 0.29) is 11.6 Å². The van der Waals surface area contributed by atoms with Gasteiger partial charge in [-0.05, 0) is 65.4 Å². The van der Waals surface area contributed by atoms with Crippen LogP contribution in [0.5, 0.6) is 5.75 Å². The number of ether oxygens (including phenoxy) is 1. The highest BCUT2D eigenvalue weighted by Crippen LogP contribution is 2.33. The van der Waals surface area contributed by atoms with Crippen LogP contribution >= 0.6 is 0 Å². The third kappa shape index (κ3) is 4.48. The average molecular weight is 463 g/mol. The molecule has 1 saturated carbocycles. The van der Waals surface area contributed by atoms with Gasteiger partial charge in [0.2, 0.25) is 0 Å². The van der Waals surface area contributed by atoms with Gasteiger partial charge in [0, 0.05) is 24.2 Å². The van der Waals surface area contributed by atoms with Crippen LogP contribution < -0.4 is 10.3 Å². The van der Waals surface area contributed by atoms with E-state index >= 15 is 0 Å². The van der Waals surface area contributed by atoms with E-state index in [1.54, 1.807) is 13.4 Å². The van der Waals surface area contributed by atoms with Crippen LogP contribution in [0.4, 0.5) is 0 Å². The van der Waals surface area contributed by atoms with Crippen molar-refractivity contribution in [2.75, 3.05) is 7.11 Å². The Kier molecular flexibility index (Phi) is 6.44. The lowest BCUT2D eigenvalue weighted by Crippen LogP contribution is -2.39. The van der Waals surface area contributed by atoms with Gasteiger partial charge in [-0.1, -0.05) is 19.8 Å². The normalized spacial score (nSPS) is 15.4. The van der Waals surface area contributed by atoms with E-state index in [0.717, 1.165) is 53.1 Å². The minimum Gasteiger partial charge on any atom is -0.497 e. The monoisotopic (exact) mass is 462 g/mol. The SMILES string of the molecule is CC[C@H](c1nnnn1Cc1ccco1)N(Cc1cc2ccc(OC)cc2[nH]c1=O)C1CCCC1. The Morgan fingerprint density at radius 2 is 2.12 bits per heavy atom. The van der Waals surface area contributed by atoms with Crippen LogP contribution in [-0.4, -0.2) is 43.2 Å². The highest BCUT2D eigenvalue weighted by molar-refractivity contribution is 5.80. The van der Waals surface area contributed by atoms with Gasteiger partial charge in [0.15, 0.2) is 5.82 Å². The highest BCUT2D eigenvalue weighted by Gasteiger charge is 2.32. The van der Waals surface area contributed by atoms with E-state index in [2.05, 4.69) is 32.3 Å². The molecule has 1 atom stereocenters. The molecule has 34 heavy (non-hydrogen) atoms. The van der Waals surface area contributed by atoms with E-state index < -0.39 is 0 Å². The minimum absolute atomic E-state index is 0.0148. The van der Waals surface area contributed by atoms with Crippen LogP contribution in [0.25, 0.3) is 10.9 Å². The first-order valence-electron chi connectivity index (χ1n) is 11.9. The van der Waals surface area contributed by atoms with E-state index in [1.165, 1.54) is 12.8 Å². The summed E-state index contributed by atoms with van der Waals surface area (Å²) in [4.78, 5) is 18.5. The van der Waals surface area contributed by atoms with Gasteiger partial charge in [-0.2, -0.15) is 0 Å². The zero-order chi connectivity index (χ0) is 23.5. The Labute approximate surface area is 197 Å². The number of nitrogens with zero attached hydrogens (tertiary/aromatic N) is 5. The average Bonchev–Trinajstić information content (AvgIpc) is 3.63. The number of rotatable bonds is 9. The fourth-order valence-corrected chi connectivity index (χ4v) is 5.07. The first-order valence-corrected chi connectivity index (χ1v) is 11.9. The number of methoxy groups -OCH3 is 1. The van der Waals surface area contributed by atoms with Gasteiger partial charge in [-0.25, -0.2) is 4.68 Å². The van der Waals surface area contributed by atoms with E-state index in [0.29, 0.717) is 19.1 Å². The molecular formula is C25H30N6O3. The maximum atomic E-state index is 13.1. The van der Waals surface area contributed by atoms with Crippen molar-refractivity contribution in [3.63, 3.8) is 0 Å². The molecule has 0 amide bonds. The van der Waals surface area contributed by atoms with Crippen LogP contribution in [0.15, 0.2) is 51.9 Å². The molecule has 178 valence electrons. The van der Waals surface area contributed by atoms with Gasteiger partial charge < -0.3 is 14.1 Å². The molecule has 0 unspecified atom stereocenters. The number of hydrogen-bond donors (Lipinski definition) is 1. The van der Waals surface area contributed by atoms with Crippen molar-refractivity contribution in [3.8, 4) is 5.75 Å². The predicted octanol–water partition coefficient (Wildman–Crippen LogP) is 4.06. The van der Waals surface area contributed by atoms with Gasteiger partial charge in [0.25, 0.3) is 5.56 Å². The van der Waals surface area contributed by atoms with Crippen molar-refractivity contribution in [2.45, 2.75) is 64.2 Å². The standard InChI is InChI=1S/C25H30N6O3/c1-3-23(24-27-28-29-31(24)16-21-9-6-12-34-21)30(19-7-4-5-8-19)15-18-13-17-10-11-20(33-2)14-22(17)26-25(18)32/h6,9-14,19,23H,3-5,7-8,15-16H2,1-2H3,(H,26,32)/t23-/m1/s1. The van der Waals surface area contributed by atoms with Gasteiger partial charge >= 0.3 is 0 Å². The molecule has 1 fully saturated rings. The molecule has 5 rings (SSSR count). The fraction of sp³-hybridized carbons (Fsp3) is 0.440. The van der Waals surface area contributed by atoms with Gasteiger partial charge in [-0.3, -0.25) is 9.69 Å². The summed E-state index contributed by atoms with van der Waals surface area (Å²) in [5.41, 5.74) is 1.44. The van der Waals surface area contributed by atoms with Crippen LogP contribution in [-0.2, 0) is 13.1 Å². The number of tetrazole rings is 1. The molecule has 0 aliphatic heterocycles. The Morgan fingerprint density at radius 3 is 2.85 bits per heavy atom. The Bertz CT molecular complexity index is 1290. The smallest absolute Gasteiger partial charge is 0.252 e. The zero-order valence-electron chi connectivity index (χ0n) is 19.6. The largest absolute Gasteiger partial charge is 0.497 e. The van der Waals surface area contributed by atoms with Gasteiger partial charge in [0.05, 0.1) is 24.9 Å². The summed E-state index contributed by atoms with van der Waals surface area (Å²) in [6.45, 7) is 3.16. The molecule has 1 aliphatic carbocycles. The number of furan rings is 1. The van der Waals surface area contributed by atoms with E-state index in [9.17, 15) is 4.79 Å². The lowest BCUT2D eigenvalue weighted by atomic mass is 10.0. The highest BCUT2D eigenvalue weighted by atomic mass is 16.5. The number of aromatic nitrogens is 5. The summed E-state index contributed by atoms with van der Waals surface area (Å²) in [6, 6.07) is 11.9. The Morgan fingerprint density at radius 1 is 1.26 bits per heavy atom. The summed E-state index contributed by atoms with van der Waals surface area (Å²) in [5, 5.41) is 13.6. The number of benzene rings is 1. The van der Waals surface area contributed by atoms with Crippen LogP contribution in [0.3, 0.4) is 0 Å².